The Morgan fingerprint density at radius 1 is 0.867 bits per heavy atom. The van der Waals surface area contributed by atoms with E-state index in [1.165, 1.54) is 0 Å². The van der Waals surface area contributed by atoms with Crippen LogP contribution in [0.4, 0.5) is 10.5 Å². The molecule has 1 atom stereocenters. The number of anilines is 1. The van der Waals surface area contributed by atoms with Crippen LogP contribution in [0.3, 0.4) is 0 Å². The van der Waals surface area contributed by atoms with E-state index in [2.05, 4.69) is 20.9 Å². The highest BCUT2D eigenvalue weighted by molar-refractivity contribution is 5.91. The van der Waals surface area contributed by atoms with Gasteiger partial charge in [-0.05, 0) is 67.9 Å². The molecule has 3 amide bonds. The van der Waals surface area contributed by atoms with E-state index in [9.17, 15) is 19.5 Å². The quantitative estimate of drug-likeness (QED) is 0.159. The summed E-state index contributed by atoms with van der Waals surface area (Å²) in [5, 5.41) is 18.1. The number of benzene rings is 3. The maximum Gasteiger partial charge on any atom is 0.411 e. The number of phenols is 1. The van der Waals surface area contributed by atoms with Crippen molar-refractivity contribution >= 4 is 23.6 Å². The van der Waals surface area contributed by atoms with Crippen LogP contribution in [0.2, 0.25) is 0 Å². The fourth-order valence-electron chi connectivity index (χ4n) is 5.33. The number of carbonyl (C=O) groups excluding carboxylic acids is 3. The van der Waals surface area contributed by atoms with Gasteiger partial charge in [0, 0.05) is 44.7 Å². The molecule has 6 N–H and O–H groups in total. The normalized spacial score (nSPS) is 14.3. The van der Waals surface area contributed by atoms with Gasteiger partial charge >= 0.3 is 6.09 Å². The van der Waals surface area contributed by atoms with E-state index in [-0.39, 0.29) is 23.7 Å². The van der Waals surface area contributed by atoms with E-state index < -0.39 is 12.1 Å². The second-order valence-electron chi connectivity index (χ2n) is 11.4. The molecule has 0 unspecified atom stereocenters. The molecule has 1 aliphatic heterocycles. The highest BCUT2D eigenvalue weighted by atomic mass is 16.6. The van der Waals surface area contributed by atoms with E-state index in [1.54, 1.807) is 24.3 Å². The molecular formula is C35H45N5O5. The predicted molar refractivity (Wildman–Crippen MR) is 176 cm³/mol. The summed E-state index contributed by atoms with van der Waals surface area (Å²) in [7, 11) is 0. The molecule has 45 heavy (non-hydrogen) atoms. The second-order valence-corrected chi connectivity index (χ2v) is 11.4. The molecule has 1 fully saturated rings. The first-order valence-electron chi connectivity index (χ1n) is 15.8. The Bertz CT molecular complexity index is 1360. The fraction of sp³-hybridized carbons (Fsp3) is 0.400. The van der Waals surface area contributed by atoms with Crippen molar-refractivity contribution in [3.8, 4) is 16.9 Å². The lowest BCUT2D eigenvalue weighted by Gasteiger charge is -2.31. The molecule has 1 saturated heterocycles. The number of nitrogens with zero attached hydrogens (tertiary/aromatic N) is 1. The zero-order valence-electron chi connectivity index (χ0n) is 25.8. The number of para-hydroxylation sites is 1. The lowest BCUT2D eigenvalue weighted by atomic mass is 10.0. The number of nitrogens with one attached hydrogen (secondary N) is 3. The van der Waals surface area contributed by atoms with Crippen molar-refractivity contribution in [1.82, 2.24) is 15.5 Å². The van der Waals surface area contributed by atoms with Gasteiger partial charge in [-0.25, -0.2) is 4.79 Å². The molecule has 1 aliphatic rings. The Hall–Kier alpha value is -4.41. The molecule has 0 aromatic heterocycles. The first-order chi connectivity index (χ1) is 21.9. The number of aromatic hydroxyl groups is 1. The molecule has 10 nitrogen and oxygen atoms in total. The number of phenolic OH excluding ortho intramolecular Hbond substituents is 1. The molecule has 10 heteroatoms. The van der Waals surface area contributed by atoms with Gasteiger partial charge in [0.05, 0.1) is 11.7 Å². The molecule has 0 radical (unpaired) electrons. The van der Waals surface area contributed by atoms with Crippen molar-refractivity contribution in [1.29, 1.82) is 0 Å². The minimum atomic E-state index is -0.639. The number of hydrogen-bond donors (Lipinski definition) is 5. The van der Waals surface area contributed by atoms with E-state index >= 15 is 0 Å². The molecule has 3 aromatic rings. The Morgan fingerprint density at radius 2 is 1.53 bits per heavy atom. The molecular weight excluding hydrogens is 570 g/mol. The summed E-state index contributed by atoms with van der Waals surface area (Å²) < 4.78 is 5.71. The van der Waals surface area contributed by atoms with E-state index in [0.717, 1.165) is 61.9 Å². The van der Waals surface area contributed by atoms with Gasteiger partial charge < -0.3 is 31.1 Å². The number of carbonyl (C=O) groups is 3. The van der Waals surface area contributed by atoms with Gasteiger partial charge in [-0.3, -0.25) is 14.9 Å². The Labute approximate surface area is 265 Å². The first kappa shape index (κ1) is 33.5. The molecule has 1 heterocycles. The maximum atomic E-state index is 12.6. The molecule has 240 valence electrons. The van der Waals surface area contributed by atoms with Crippen LogP contribution >= 0.6 is 0 Å². The SMILES string of the molecule is N[C@@H](Cc1ccc(O)cc1)C(=O)NCCCCCNC(=O)CCN1CCC(OC(=O)Nc2ccccc2-c2ccccc2)CC1. The monoisotopic (exact) mass is 615 g/mol. The van der Waals surface area contributed by atoms with E-state index in [1.807, 2.05) is 54.6 Å². The highest BCUT2D eigenvalue weighted by Gasteiger charge is 2.23. The molecule has 0 saturated carbocycles. The minimum absolute atomic E-state index is 0.0262. The van der Waals surface area contributed by atoms with Crippen LogP contribution in [0.1, 0.15) is 44.1 Å². The number of amides is 3. The summed E-state index contributed by atoms with van der Waals surface area (Å²) in [6, 6.07) is 23.6. The number of hydrogen-bond acceptors (Lipinski definition) is 7. The first-order valence-corrected chi connectivity index (χ1v) is 15.8. The third-order valence-electron chi connectivity index (χ3n) is 7.92. The van der Waals surface area contributed by atoms with Gasteiger partial charge in [-0.15, -0.1) is 0 Å². The smallest absolute Gasteiger partial charge is 0.411 e. The number of nitrogens with two attached hydrogens (primary N) is 1. The molecule has 3 aromatic carbocycles. The Balaban J connectivity index is 1.01. The van der Waals surface area contributed by atoms with Crippen molar-refractivity contribution in [3.05, 3.63) is 84.4 Å². The average Bonchev–Trinajstić information content (AvgIpc) is 3.05. The molecule has 0 spiro atoms. The lowest BCUT2D eigenvalue weighted by molar-refractivity contribution is -0.122. The van der Waals surface area contributed by atoms with Crippen LogP contribution in [0.5, 0.6) is 5.75 Å². The van der Waals surface area contributed by atoms with Crippen molar-refractivity contribution in [3.63, 3.8) is 0 Å². The maximum absolute atomic E-state index is 12.6. The third kappa shape index (κ3) is 11.6. The van der Waals surface area contributed by atoms with Gasteiger partial charge in [-0.2, -0.15) is 0 Å². The summed E-state index contributed by atoms with van der Waals surface area (Å²) in [5.41, 5.74) is 9.57. The number of unbranched alkanes of at least 4 members (excludes halogenated alkanes) is 2. The van der Waals surface area contributed by atoms with Crippen LogP contribution in [-0.4, -0.2) is 72.8 Å². The zero-order valence-corrected chi connectivity index (χ0v) is 25.8. The molecule has 0 aliphatic carbocycles. The fourth-order valence-corrected chi connectivity index (χ4v) is 5.33. The van der Waals surface area contributed by atoms with Crippen molar-refractivity contribution in [2.45, 2.75) is 57.1 Å². The van der Waals surface area contributed by atoms with Crippen molar-refractivity contribution in [2.75, 3.05) is 38.0 Å². The van der Waals surface area contributed by atoms with E-state index in [0.29, 0.717) is 38.2 Å². The summed E-state index contributed by atoms with van der Waals surface area (Å²) in [6.45, 7) is 3.36. The Morgan fingerprint density at radius 3 is 2.27 bits per heavy atom. The zero-order chi connectivity index (χ0) is 31.9. The van der Waals surface area contributed by atoms with Gasteiger partial charge in [-0.1, -0.05) is 60.7 Å². The molecule has 0 bridgehead atoms. The summed E-state index contributed by atoms with van der Waals surface area (Å²) >= 11 is 0. The number of piperidine rings is 1. The number of ether oxygens (including phenoxy) is 1. The summed E-state index contributed by atoms with van der Waals surface area (Å²) in [4.78, 5) is 39.4. The number of rotatable bonds is 15. The van der Waals surface area contributed by atoms with Crippen molar-refractivity contribution in [2.24, 2.45) is 5.73 Å². The van der Waals surface area contributed by atoms with Gasteiger partial charge in [0.15, 0.2) is 0 Å². The summed E-state index contributed by atoms with van der Waals surface area (Å²) in [5.74, 6) is 0.0127. The topological polar surface area (TPSA) is 146 Å². The lowest BCUT2D eigenvalue weighted by Crippen LogP contribution is -2.42. The van der Waals surface area contributed by atoms with Crippen LogP contribution < -0.4 is 21.7 Å². The van der Waals surface area contributed by atoms with Gasteiger partial charge in [0.1, 0.15) is 11.9 Å². The summed E-state index contributed by atoms with van der Waals surface area (Å²) in [6.07, 6.45) is 4.22. The van der Waals surface area contributed by atoms with Gasteiger partial charge in [0.25, 0.3) is 0 Å². The Kier molecular flexibility index (Phi) is 13.2. The predicted octanol–water partition coefficient (Wildman–Crippen LogP) is 4.43. The average molecular weight is 616 g/mol. The minimum Gasteiger partial charge on any atom is -0.508 e. The van der Waals surface area contributed by atoms with Crippen molar-refractivity contribution < 1.29 is 24.2 Å². The standard InChI is InChI=1S/C35H45N5O5/c36-31(25-26-13-15-28(41)16-14-26)34(43)38-21-8-2-7-20-37-33(42)19-24-40-22-17-29(18-23-40)45-35(44)39-32-12-6-5-11-30(32)27-9-3-1-4-10-27/h1,3-6,9-16,29,31,41H,2,7-8,17-25,36H2,(H,37,42)(H,38,43)(H,39,44)/t31-/m0/s1. The van der Waals surface area contributed by atoms with Crippen LogP contribution in [-0.2, 0) is 20.7 Å². The number of likely N-dealkylation sites (tertiary alicyclic amines) is 1. The van der Waals surface area contributed by atoms with Crippen LogP contribution in [0, 0.1) is 0 Å². The molecule has 4 rings (SSSR count). The van der Waals surface area contributed by atoms with Gasteiger partial charge in [0.2, 0.25) is 11.8 Å². The van der Waals surface area contributed by atoms with E-state index in [4.69, 9.17) is 10.5 Å². The van der Waals surface area contributed by atoms with Crippen LogP contribution in [0.15, 0.2) is 78.9 Å². The third-order valence-corrected chi connectivity index (χ3v) is 7.92. The largest absolute Gasteiger partial charge is 0.508 e. The highest BCUT2D eigenvalue weighted by Crippen LogP contribution is 2.28. The van der Waals surface area contributed by atoms with Crippen LogP contribution in [0.25, 0.3) is 11.1 Å². The second kappa shape index (κ2) is 17.8.